The molecule has 2 saturated heterocycles. The number of carbonyl (C=O) groups excluding carboxylic acids is 1. The zero-order valence-corrected chi connectivity index (χ0v) is 22.2. The van der Waals surface area contributed by atoms with E-state index in [-0.39, 0.29) is 5.91 Å². The number of benzene rings is 2. The predicted octanol–water partition coefficient (Wildman–Crippen LogP) is 5.29. The number of nitrogens with one attached hydrogen (secondary N) is 1. The van der Waals surface area contributed by atoms with Crippen LogP contribution in [0.25, 0.3) is 0 Å². The molecule has 0 spiro atoms. The zero-order valence-electron chi connectivity index (χ0n) is 21.4. The number of anilines is 1. The molecule has 190 valence electrons. The van der Waals surface area contributed by atoms with Crippen LogP contribution >= 0.6 is 11.6 Å². The summed E-state index contributed by atoms with van der Waals surface area (Å²) in [5.74, 6) is 1.68. The number of carbonyl (C=O) groups is 1. The Balaban J connectivity index is 1.43. The number of methoxy groups -OCH3 is 1. The van der Waals surface area contributed by atoms with Gasteiger partial charge in [0, 0.05) is 56.9 Å². The average Bonchev–Trinajstić information content (AvgIpc) is 2.86. The molecule has 0 radical (unpaired) electrons. The SMILES string of the molecule is COc1cc(N2CCN3[C@@H](CCC[C@@H]3c3ccc(OCCCNC(C)=O)c(C)c3C)C2)ccc1Cl. The summed E-state index contributed by atoms with van der Waals surface area (Å²) >= 11 is 6.25. The number of piperazine rings is 1. The van der Waals surface area contributed by atoms with Gasteiger partial charge in [-0.1, -0.05) is 17.7 Å². The first-order chi connectivity index (χ1) is 16.9. The van der Waals surface area contributed by atoms with Gasteiger partial charge < -0.3 is 19.7 Å². The van der Waals surface area contributed by atoms with Crippen LogP contribution in [0.1, 0.15) is 55.3 Å². The highest BCUT2D eigenvalue weighted by molar-refractivity contribution is 6.32. The molecule has 7 heteroatoms. The molecular weight excluding hydrogens is 462 g/mol. The van der Waals surface area contributed by atoms with Crippen LogP contribution in [0.5, 0.6) is 11.5 Å². The predicted molar refractivity (Wildman–Crippen MR) is 142 cm³/mol. The molecule has 0 bridgehead atoms. The number of piperidine rings is 1. The summed E-state index contributed by atoms with van der Waals surface area (Å²) in [5.41, 5.74) is 5.16. The average molecular weight is 500 g/mol. The molecule has 0 saturated carbocycles. The summed E-state index contributed by atoms with van der Waals surface area (Å²) in [6, 6.07) is 11.5. The fourth-order valence-corrected chi connectivity index (χ4v) is 5.71. The van der Waals surface area contributed by atoms with E-state index >= 15 is 0 Å². The Morgan fingerprint density at radius 2 is 1.94 bits per heavy atom. The third-order valence-corrected chi connectivity index (χ3v) is 7.85. The molecular formula is C28H38ClN3O3. The van der Waals surface area contributed by atoms with Gasteiger partial charge in [-0.2, -0.15) is 0 Å². The molecule has 2 atom stereocenters. The standard InChI is InChI=1S/C28H38ClN3O3/c1-19-20(2)27(35-16-6-13-30-21(3)33)12-10-24(19)26-8-5-7-23-18-31(14-15-32(23)26)22-9-11-25(29)28(17-22)34-4/h9-12,17,23,26H,5-8,13-16,18H2,1-4H3,(H,30,33)/t23-,26+/m0/s1. The second-order valence-corrected chi connectivity index (χ2v) is 10.1. The monoisotopic (exact) mass is 499 g/mol. The van der Waals surface area contributed by atoms with Gasteiger partial charge in [-0.15, -0.1) is 0 Å². The van der Waals surface area contributed by atoms with Crippen molar-refractivity contribution in [2.75, 3.05) is 44.8 Å². The van der Waals surface area contributed by atoms with E-state index in [1.165, 1.54) is 48.6 Å². The Morgan fingerprint density at radius 3 is 2.71 bits per heavy atom. The van der Waals surface area contributed by atoms with Crippen molar-refractivity contribution in [3.63, 3.8) is 0 Å². The molecule has 0 unspecified atom stereocenters. The van der Waals surface area contributed by atoms with Gasteiger partial charge in [-0.25, -0.2) is 0 Å². The number of fused-ring (bicyclic) bond motifs is 1. The lowest BCUT2D eigenvalue weighted by atomic mass is 9.86. The van der Waals surface area contributed by atoms with E-state index in [1.54, 1.807) is 7.11 Å². The van der Waals surface area contributed by atoms with Crippen LogP contribution in [0.15, 0.2) is 30.3 Å². The molecule has 1 amide bonds. The minimum atomic E-state index is 0.000824. The van der Waals surface area contributed by atoms with Gasteiger partial charge in [0.05, 0.1) is 18.7 Å². The van der Waals surface area contributed by atoms with Gasteiger partial charge >= 0.3 is 0 Å². The fourth-order valence-electron chi connectivity index (χ4n) is 5.52. The number of hydrogen-bond acceptors (Lipinski definition) is 5. The van der Waals surface area contributed by atoms with E-state index in [9.17, 15) is 4.79 Å². The van der Waals surface area contributed by atoms with E-state index in [2.05, 4.69) is 53.2 Å². The molecule has 1 N–H and O–H groups in total. The number of halogens is 1. The van der Waals surface area contributed by atoms with Crippen LogP contribution in [0, 0.1) is 13.8 Å². The maximum Gasteiger partial charge on any atom is 0.216 e. The molecule has 35 heavy (non-hydrogen) atoms. The Kier molecular flexibility index (Phi) is 8.45. The van der Waals surface area contributed by atoms with Crippen molar-refractivity contribution < 1.29 is 14.3 Å². The maximum absolute atomic E-state index is 11.0. The number of rotatable bonds is 8. The Labute approximate surface area is 214 Å². The second kappa shape index (κ2) is 11.5. The summed E-state index contributed by atoms with van der Waals surface area (Å²) in [6.45, 7) is 10.2. The maximum atomic E-state index is 11.0. The van der Waals surface area contributed by atoms with Crippen molar-refractivity contribution in [1.82, 2.24) is 10.2 Å². The molecule has 0 aromatic heterocycles. The van der Waals surface area contributed by atoms with Gasteiger partial charge in [-0.3, -0.25) is 9.69 Å². The summed E-state index contributed by atoms with van der Waals surface area (Å²) in [6.07, 6.45) is 4.46. The summed E-state index contributed by atoms with van der Waals surface area (Å²) in [5, 5.41) is 3.47. The van der Waals surface area contributed by atoms with Crippen LogP contribution in [0.3, 0.4) is 0 Å². The highest BCUT2D eigenvalue weighted by Crippen LogP contribution is 2.40. The molecule has 2 aromatic rings. The van der Waals surface area contributed by atoms with Crippen LogP contribution in [0.2, 0.25) is 5.02 Å². The van der Waals surface area contributed by atoms with Crippen molar-refractivity contribution in [3.8, 4) is 11.5 Å². The van der Waals surface area contributed by atoms with Crippen LogP contribution < -0.4 is 19.7 Å². The van der Waals surface area contributed by atoms with Crippen LogP contribution in [-0.2, 0) is 4.79 Å². The van der Waals surface area contributed by atoms with Gasteiger partial charge in [0.2, 0.25) is 5.91 Å². The fraction of sp³-hybridized carbons (Fsp3) is 0.536. The van der Waals surface area contributed by atoms with E-state index in [1.807, 2.05) is 6.07 Å². The van der Waals surface area contributed by atoms with E-state index in [0.29, 0.717) is 30.3 Å². The molecule has 2 heterocycles. The number of hydrogen-bond donors (Lipinski definition) is 1. The molecule has 4 rings (SSSR count). The smallest absolute Gasteiger partial charge is 0.216 e. The lowest BCUT2D eigenvalue weighted by molar-refractivity contribution is -0.118. The zero-order chi connectivity index (χ0) is 24.9. The highest BCUT2D eigenvalue weighted by Gasteiger charge is 2.36. The quantitative estimate of drug-likeness (QED) is 0.500. The highest BCUT2D eigenvalue weighted by atomic mass is 35.5. The molecule has 6 nitrogen and oxygen atoms in total. The van der Waals surface area contributed by atoms with Gasteiger partial charge in [0.25, 0.3) is 0 Å². The summed E-state index contributed by atoms with van der Waals surface area (Å²) < 4.78 is 11.5. The van der Waals surface area contributed by atoms with E-state index in [4.69, 9.17) is 21.1 Å². The van der Waals surface area contributed by atoms with Crippen LogP contribution in [-0.4, -0.2) is 56.7 Å². The topological polar surface area (TPSA) is 54.0 Å². The van der Waals surface area contributed by atoms with Gasteiger partial charge in [0.15, 0.2) is 0 Å². The Bertz CT molecular complexity index is 1040. The molecule has 2 fully saturated rings. The lowest BCUT2D eigenvalue weighted by Gasteiger charge is -2.49. The number of ether oxygens (including phenoxy) is 2. The first-order valence-corrected chi connectivity index (χ1v) is 13.1. The first kappa shape index (κ1) is 25.6. The summed E-state index contributed by atoms with van der Waals surface area (Å²) in [7, 11) is 1.67. The summed E-state index contributed by atoms with van der Waals surface area (Å²) in [4.78, 5) is 16.2. The second-order valence-electron chi connectivity index (χ2n) is 9.69. The van der Waals surface area contributed by atoms with Gasteiger partial charge in [-0.05, 0) is 74.4 Å². The van der Waals surface area contributed by atoms with Crippen molar-refractivity contribution >= 4 is 23.2 Å². The third-order valence-electron chi connectivity index (χ3n) is 7.53. The minimum absolute atomic E-state index is 0.000824. The molecule has 0 aliphatic carbocycles. The van der Waals surface area contributed by atoms with Crippen molar-refractivity contribution in [3.05, 3.63) is 52.0 Å². The Hall–Kier alpha value is -2.44. The van der Waals surface area contributed by atoms with Crippen molar-refractivity contribution in [2.45, 2.75) is 58.5 Å². The van der Waals surface area contributed by atoms with E-state index in [0.717, 1.165) is 37.6 Å². The normalized spacial score (nSPS) is 20.3. The lowest BCUT2D eigenvalue weighted by Crippen LogP contribution is -2.56. The number of nitrogens with zero attached hydrogens (tertiary/aromatic N) is 2. The minimum Gasteiger partial charge on any atom is -0.495 e. The Morgan fingerprint density at radius 1 is 1.11 bits per heavy atom. The van der Waals surface area contributed by atoms with E-state index < -0.39 is 0 Å². The largest absolute Gasteiger partial charge is 0.495 e. The first-order valence-electron chi connectivity index (χ1n) is 12.7. The molecule has 2 aliphatic rings. The number of amides is 1. The molecule has 2 aromatic carbocycles. The van der Waals surface area contributed by atoms with Crippen molar-refractivity contribution in [1.29, 1.82) is 0 Å². The third kappa shape index (κ3) is 5.87. The van der Waals surface area contributed by atoms with Crippen molar-refractivity contribution in [2.24, 2.45) is 0 Å². The van der Waals surface area contributed by atoms with Crippen LogP contribution in [0.4, 0.5) is 5.69 Å². The molecule has 2 aliphatic heterocycles. The van der Waals surface area contributed by atoms with Gasteiger partial charge in [0.1, 0.15) is 11.5 Å².